The summed E-state index contributed by atoms with van der Waals surface area (Å²) in [5.41, 5.74) is 3.27. The molecular formula is C24H23N3O3. The highest BCUT2D eigenvalue weighted by Gasteiger charge is 2.18. The molecule has 0 aliphatic carbocycles. The average Bonchev–Trinajstić information content (AvgIpc) is 3.10. The Kier molecular flexibility index (Phi) is 6.33. The maximum absolute atomic E-state index is 12.9. The minimum absolute atomic E-state index is 0.0121. The van der Waals surface area contributed by atoms with Crippen molar-refractivity contribution in [2.45, 2.75) is 20.4 Å². The van der Waals surface area contributed by atoms with Gasteiger partial charge in [-0.3, -0.25) is 9.59 Å². The first-order chi connectivity index (χ1) is 14.5. The van der Waals surface area contributed by atoms with Crippen molar-refractivity contribution in [3.8, 4) is 6.07 Å². The zero-order valence-electron chi connectivity index (χ0n) is 17.3. The Balaban J connectivity index is 2.03. The van der Waals surface area contributed by atoms with Gasteiger partial charge in [0.1, 0.15) is 18.2 Å². The number of fused-ring (bicyclic) bond motifs is 1. The van der Waals surface area contributed by atoms with E-state index in [2.05, 4.69) is 0 Å². The first-order valence-corrected chi connectivity index (χ1v) is 9.65. The number of anilines is 1. The van der Waals surface area contributed by atoms with E-state index in [1.807, 2.05) is 61.5 Å². The quantitative estimate of drug-likeness (QED) is 0.354. The number of rotatable bonds is 6. The molecule has 6 heteroatoms. The van der Waals surface area contributed by atoms with Crippen LogP contribution in [0.3, 0.4) is 0 Å². The van der Waals surface area contributed by atoms with Crippen LogP contribution in [0.25, 0.3) is 17.0 Å². The molecule has 0 N–H and O–H groups in total. The van der Waals surface area contributed by atoms with Crippen molar-refractivity contribution >= 4 is 34.5 Å². The summed E-state index contributed by atoms with van der Waals surface area (Å²) in [6.45, 7) is 4.08. The minimum Gasteiger partial charge on any atom is -0.465 e. The van der Waals surface area contributed by atoms with Gasteiger partial charge in [-0.1, -0.05) is 36.4 Å². The Morgan fingerprint density at radius 1 is 1.17 bits per heavy atom. The number of ether oxygens (including phenoxy) is 1. The summed E-state index contributed by atoms with van der Waals surface area (Å²) >= 11 is 0. The highest BCUT2D eigenvalue weighted by Crippen LogP contribution is 2.27. The second-order valence-electron chi connectivity index (χ2n) is 6.86. The van der Waals surface area contributed by atoms with E-state index in [4.69, 9.17) is 4.74 Å². The number of aryl methyl sites for hydroxylation is 1. The number of nitrogens with zero attached hydrogens (tertiary/aromatic N) is 3. The molecule has 3 rings (SSSR count). The average molecular weight is 401 g/mol. The zero-order valence-corrected chi connectivity index (χ0v) is 17.3. The molecule has 0 atom stereocenters. The Hall–Kier alpha value is -3.85. The summed E-state index contributed by atoms with van der Waals surface area (Å²) in [4.78, 5) is 26.4. The summed E-state index contributed by atoms with van der Waals surface area (Å²) in [7, 11) is 1.64. The van der Waals surface area contributed by atoms with Crippen molar-refractivity contribution in [3.63, 3.8) is 0 Å². The second kappa shape index (κ2) is 9.10. The molecule has 0 unspecified atom stereocenters. The van der Waals surface area contributed by atoms with Crippen LogP contribution in [-0.2, 0) is 20.9 Å². The lowest BCUT2D eigenvalue weighted by Crippen LogP contribution is -2.27. The van der Waals surface area contributed by atoms with Gasteiger partial charge in [-0.25, -0.2) is 0 Å². The second-order valence-corrected chi connectivity index (χ2v) is 6.86. The predicted octanol–water partition coefficient (Wildman–Crippen LogP) is 4.08. The van der Waals surface area contributed by atoms with E-state index in [1.165, 1.54) is 4.90 Å². The number of likely N-dealkylation sites (N-methyl/N-ethyl adjacent to an activating group) is 1. The van der Waals surface area contributed by atoms with Crippen LogP contribution in [0, 0.1) is 18.3 Å². The fourth-order valence-electron chi connectivity index (χ4n) is 3.41. The molecule has 30 heavy (non-hydrogen) atoms. The molecule has 2 aromatic carbocycles. The van der Waals surface area contributed by atoms with Gasteiger partial charge in [0.15, 0.2) is 0 Å². The molecular weight excluding hydrogens is 378 g/mol. The number of hydrogen-bond acceptors (Lipinski definition) is 4. The van der Waals surface area contributed by atoms with Crippen LogP contribution in [0.1, 0.15) is 18.1 Å². The summed E-state index contributed by atoms with van der Waals surface area (Å²) in [5, 5.41) is 10.5. The van der Waals surface area contributed by atoms with Crippen LogP contribution < -0.4 is 4.90 Å². The highest BCUT2D eigenvalue weighted by molar-refractivity contribution is 6.12. The van der Waals surface area contributed by atoms with Crippen molar-refractivity contribution in [2.24, 2.45) is 0 Å². The Bertz CT molecular complexity index is 1150. The number of hydrogen-bond donors (Lipinski definition) is 0. The standard InChI is InChI=1S/C24H23N3O3/c1-4-30-22(28)16-27-15-19(21-12-8-9-17(2)23(21)27)13-18(14-25)24(29)26(3)20-10-6-5-7-11-20/h5-13,15H,4,16H2,1-3H3/b18-13+. The summed E-state index contributed by atoms with van der Waals surface area (Å²) in [5.74, 6) is -0.740. The van der Waals surface area contributed by atoms with E-state index in [1.54, 1.807) is 30.8 Å². The molecule has 0 bridgehead atoms. The molecule has 0 spiro atoms. The number of carbonyl (C=O) groups excluding carboxylic acids is 2. The van der Waals surface area contributed by atoms with Crippen LogP contribution >= 0.6 is 0 Å². The van der Waals surface area contributed by atoms with Crippen LogP contribution in [-0.4, -0.2) is 30.1 Å². The van der Waals surface area contributed by atoms with Crippen LogP contribution in [0.5, 0.6) is 0 Å². The Labute approximate surface area is 175 Å². The number of esters is 1. The lowest BCUT2D eigenvalue weighted by Gasteiger charge is -2.16. The highest BCUT2D eigenvalue weighted by atomic mass is 16.5. The molecule has 1 heterocycles. The van der Waals surface area contributed by atoms with E-state index >= 15 is 0 Å². The van der Waals surface area contributed by atoms with Gasteiger partial charge in [0.25, 0.3) is 5.91 Å². The number of para-hydroxylation sites is 2. The minimum atomic E-state index is -0.400. The molecule has 1 aromatic heterocycles. The van der Waals surface area contributed by atoms with Crippen molar-refractivity contribution in [1.29, 1.82) is 5.26 Å². The van der Waals surface area contributed by atoms with Gasteiger partial charge >= 0.3 is 5.97 Å². The third-order valence-corrected chi connectivity index (χ3v) is 4.83. The van der Waals surface area contributed by atoms with Crippen molar-refractivity contribution in [2.75, 3.05) is 18.6 Å². The first kappa shape index (κ1) is 20.9. The van der Waals surface area contributed by atoms with Gasteiger partial charge in [0, 0.05) is 29.9 Å². The lowest BCUT2D eigenvalue weighted by atomic mass is 10.1. The summed E-state index contributed by atoms with van der Waals surface area (Å²) in [6, 6.07) is 16.9. The molecule has 0 fully saturated rings. The van der Waals surface area contributed by atoms with Gasteiger partial charge in [-0.2, -0.15) is 5.26 Å². The van der Waals surface area contributed by atoms with Crippen LogP contribution in [0.4, 0.5) is 5.69 Å². The molecule has 0 radical (unpaired) electrons. The van der Waals surface area contributed by atoms with Crippen LogP contribution in [0.2, 0.25) is 0 Å². The topological polar surface area (TPSA) is 75.3 Å². The van der Waals surface area contributed by atoms with E-state index in [0.29, 0.717) is 17.9 Å². The number of benzene rings is 2. The fraction of sp³-hybridized carbons (Fsp3) is 0.208. The molecule has 152 valence electrons. The SMILES string of the molecule is CCOC(=O)Cn1cc(/C=C(\C#N)C(=O)N(C)c2ccccc2)c2cccc(C)c21. The van der Waals surface area contributed by atoms with Gasteiger partial charge in [0.05, 0.1) is 12.1 Å². The van der Waals surface area contributed by atoms with E-state index in [9.17, 15) is 14.9 Å². The Morgan fingerprint density at radius 2 is 1.90 bits per heavy atom. The number of amides is 1. The van der Waals surface area contributed by atoms with E-state index in [0.717, 1.165) is 16.5 Å². The van der Waals surface area contributed by atoms with Crippen LogP contribution in [0.15, 0.2) is 60.3 Å². The summed E-state index contributed by atoms with van der Waals surface area (Å²) < 4.78 is 6.88. The van der Waals surface area contributed by atoms with E-state index in [-0.39, 0.29) is 18.1 Å². The molecule has 6 nitrogen and oxygen atoms in total. The maximum atomic E-state index is 12.9. The molecule has 3 aromatic rings. The Morgan fingerprint density at radius 3 is 2.57 bits per heavy atom. The predicted molar refractivity (Wildman–Crippen MR) is 117 cm³/mol. The third kappa shape index (κ3) is 4.26. The lowest BCUT2D eigenvalue weighted by molar-refractivity contribution is -0.143. The number of aromatic nitrogens is 1. The fourth-order valence-corrected chi connectivity index (χ4v) is 3.41. The zero-order chi connectivity index (χ0) is 21.7. The normalized spacial score (nSPS) is 11.2. The van der Waals surface area contributed by atoms with Gasteiger partial charge < -0.3 is 14.2 Å². The van der Waals surface area contributed by atoms with E-state index < -0.39 is 5.91 Å². The number of carbonyl (C=O) groups is 2. The van der Waals surface area contributed by atoms with Crippen molar-refractivity contribution < 1.29 is 14.3 Å². The maximum Gasteiger partial charge on any atom is 0.325 e. The van der Waals surface area contributed by atoms with Crippen molar-refractivity contribution in [1.82, 2.24) is 4.57 Å². The smallest absolute Gasteiger partial charge is 0.325 e. The molecule has 0 aliphatic heterocycles. The van der Waals surface area contributed by atoms with Gasteiger partial charge in [-0.05, 0) is 37.6 Å². The van der Waals surface area contributed by atoms with Crippen molar-refractivity contribution in [3.05, 3.63) is 71.4 Å². The van der Waals surface area contributed by atoms with Gasteiger partial charge in [0.2, 0.25) is 0 Å². The molecule has 0 saturated carbocycles. The molecule has 0 aliphatic rings. The number of nitriles is 1. The third-order valence-electron chi connectivity index (χ3n) is 4.83. The molecule has 0 saturated heterocycles. The summed E-state index contributed by atoms with van der Waals surface area (Å²) in [6.07, 6.45) is 3.35. The first-order valence-electron chi connectivity index (χ1n) is 9.65. The molecule has 1 amide bonds. The van der Waals surface area contributed by atoms with Gasteiger partial charge in [-0.15, -0.1) is 0 Å². The monoisotopic (exact) mass is 401 g/mol. The largest absolute Gasteiger partial charge is 0.465 e.